The highest BCUT2D eigenvalue weighted by atomic mass is 79.9. The van der Waals surface area contributed by atoms with E-state index >= 15 is 0 Å². The third kappa shape index (κ3) is 5.19. The summed E-state index contributed by atoms with van der Waals surface area (Å²) in [5.41, 5.74) is 2.56. The van der Waals surface area contributed by atoms with Gasteiger partial charge in [0.15, 0.2) is 0 Å². The SMILES string of the molecule is CC(C)(COCc1ccccc1CBr)[Si](c1ccccc1)c1ccccc1. The average molecular weight is 438 g/mol. The number of hydrogen-bond donors (Lipinski definition) is 0. The first kappa shape index (κ1) is 20.1. The highest BCUT2D eigenvalue weighted by Gasteiger charge is 2.34. The fraction of sp³-hybridized carbons (Fsp3) is 0.250. The summed E-state index contributed by atoms with van der Waals surface area (Å²) in [5, 5.41) is 3.79. The topological polar surface area (TPSA) is 9.23 Å². The lowest BCUT2D eigenvalue weighted by Gasteiger charge is -2.33. The van der Waals surface area contributed by atoms with Gasteiger partial charge in [-0.15, -0.1) is 0 Å². The smallest absolute Gasteiger partial charge is 0.129 e. The normalized spacial score (nSPS) is 11.7. The van der Waals surface area contributed by atoms with Crippen molar-refractivity contribution in [1.29, 1.82) is 0 Å². The molecule has 0 heterocycles. The van der Waals surface area contributed by atoms with Gasteiger partial charge in [-0.3, -0.25) is 0 Å². The Balaban J connectivity index is 1.79. The molecule has 139 valence electrons. The van der Waals surface area contributed by atoms with Gasteiger partial charge < -0.3 is 4.74 Å². The van der Waals surface area contributed by atoms with Crippen LogP contribution >= 0.6 is 15.9 Å². The van der Waals surface area contributed by atoms with Gasteiger partial charge in [0.1, 0.15) is 8.80 Å². The van der Waals surface area contributed by atoms with Crippen LogP contribution in [0.3, 0.4) is 0 Å². The van der Waals surface area contributed by atoms with Crippen molar-refractivity contribution in [2.45, 2.75) is 30.8 Å². The molecule has 3 rings (SSSR count). The van der Waals surface area contributed by atoms with Crippen LogP contribution < -0.4 is 10.4 Å². The summed E-state index contributed by atoms with van der Waals surface area (Å²) in [7, 11) is -0.980. The summed E-state index contributed by atoms with van der Waals surface area (Å²) < 4.78 is 6.26. The summed E-state index contributed by atoms with van der Waals surface area (Å²) in [4.78, 5) is 0. The first-order valence-electron chi connectivity index (χ1n) is 9.30. The lowest BCUT2D eigenvalue weighted by Crippen LogP contribution is -2.51. The summed E-state index contributed by atoms with van der Waals surface area (Å²) in [6, 6.07) is 30.3. The molecule has 0 amide bonds. The zero-order valence-corrected chi connectivity index (χ0v) is 18.6. The van der Waals surface area contributed by atoms with Crippen LogP contribution in [-0.4, -0.2) is 15.4 Å². The van der Waals surface area contributed by atoms with Gasteiger partial charge in [-0.2, -0.15) is 0 Å². The van der Waals surface area contributed by atoms with E-state index in [1.165, 1.54) is 21.5 Å². The Kier molecular flexibility index (Phi) is 7.05. The molecule has 0 spiro atoms. The summed E-state index contributed by atoms with van der Waals surface area (Å²) in [6.45, 7) is 6.08. The first-order valence-corrected chi connectivity index (χ1v) is 11.9. The zero-order valence-electron chi connectivity index (χ0n) is 16.0. The Bertz CT molecular complexity index is 794. The average Bonchev–Trinajstić information content (AvgIpc) is 2.70. The number of halogens is 1. The van der Waals surface area contributed by atoms with Gasteiger partial charge in [0, 0.05) is 5.33 Å². The lowest BCUT2D eigenvalue weighted by molar-refractivity contribution is 0.101. The van der Waals surface area contributed by atoms with E-state index in [0.717, 1.165) is 11.9 Å². The number of benzene rings is 3. The minimum Gasteiger partial charge on any atom is -0.376 e. The molecule has 0 aliphatic heterocycles. The largest absolute Gasteiger partial charge is 0.376 e. The molecule has 3 heteroatoms. The molecule has 0 saturated carbocycles. The van der Waals surface area contributed by atoms with Gasteiger partial charge in [0.2, 0.25) is 0 Å². The van der Waals surface area contributed by atoms with Crippen molar-refractivity contribution in [3.8, 4) is 0 Å². The molecule has 0 aromatic heterocycles. The fourth-order valence-electron chi connectivity index (χ4n) is 3.47. The van der Waals surface area contributed by atoms with Crippen molar-refractivity contribution in [3.63, 3.8) is 0 Å². The second kappa shape index (κ2) is 9.49. The van der Waals surface area contributed by atoms with Crippen LogP contribution in [0.25, 0.3) is 0 Å². The molecule has 0 fully saturated rings. The van der Waals surface area contributed by atoms with Crippen LogP contribution in [0.1, 0.15) is 25.0 Å². The predicted molar refractivity (Wildman–Crippen MR) is 121 cm³/mol. The van der Waals surface area contributed by atoms with Crippen molar-refractivity contribution < 1.29 is 4.74 Å². The van der Waals surface area contributed by atoms with Crippen molar-refractivity contribution in [3.05, 3.63) is 96.1 Å². The molecule has 0 bridgehead atoms. The van der Waals surface area contributed by atoms with Crippen molar-refractivity contribution in [1.82, 2.24) is 0 Å². The molecule has 27 heavy (non-hydrogen) atoms. The van der Waals surface area contributed by atoms with Gasteiger partial charge in [-0.25, -0.2) is 0 Å². The maximum absolute atomic E-state index is 6.26. The molecule has 1 radical (unpaired) electrons. The van der Waals surface area contributed by atoms with Crippen molar-refractivity contribution in [2.75, 3.05) is 6.61 Å². The van der Waals surface area contributed by atoms with E-state index < -0.39 is 8.80 Å². The Hall–Kier alpha value is -1.68. The van der Waals surface area contributed by atoms with Crippen molar-refractivity contribution in [2.24, 2.45) is 0 Å². The number of ether oxygens (including phenoxy) is 1. The first-order chi connectivity index (χ1) is 13.1. The summed E-state index contributed by atoms with van der Waals surface area (Å²) in [5.74, 6) is 0. The van der Waals surface area contributed by atoms with E-state index in [1.54, 1.807) is 0 Å². The Labute approximate surface area is 173 Å². The maximum Gasteiger partial charge on any atom is 0.129 e. The van der Waals surface area contributed by atoms with Gasteiger partial charge in [-0.1, -0.05) is 125 Å². The van der Waals surface area contributed by atoms with Crippen LogP contribution in [0, 0.1) is 0 Å². The highest BCUT2D eigenvalue weighted by molar-refractivity contribution is 9.08. The third-order valence-electron chi connectivity index (χ3n) is 4.78. The van der Waals surface area contributed by atoms with Crippen LogP contribution in [0.15, 0.2) is 84.9 Å². The second-order valence-corrected chi connectivity index (χ2v) is 11.2. The molecular formula is C24H26BrOSi. The van der Waals surface area contributed by atoms with Gasteiger partial charge in [0.25, 0.3) is 0 Å². The standard InChI is InChI=1S/C24H26BrOSi/c1-24(2,19-26-18-21-12-10-9-11-20(21)17-25)27(22-13-5-3-6-14-22)23-15-7-4-8-16-23/h3-16H,17-19H2,1-2H3. The molecular weight excluding hydrogens is 412 g/mol. The molecule has 1 nitrogen and oxygen atoms in total. The number of rotatable bonds is 8. The second-order valence-electron chi connectivity index (χ2n) is 7.39. The number of hydrogen-bond acceptors (Lipinski definition) is 1. The van der Waals surface area contributed by atoms with E-state index in [0.29, 0.717) is 6.61 Å². The zero-order chi connectivity index (χ0) is 19.1. The van der Waals surface area contributed by atoms with Gasteiger partial charge in [0.05, 0.1) is 13.2 Å². The van der Waals surface area contributed by atoms with E-state index in [1.807, 2.05) is 0 Å². The molecule has 0 N–H and O–H groups in total. The molecule has 3 aromatic carbocycles. The molecule has 0 aliphatic carbocycles. The minimum absolute atomic E-state index is 0.0662. The number of alkyl halides is 1. The Morgan fingerprint density at radius 2 is 1.22 bits per heavy atom. The van der Waals surface area contributed by atoms with Crippen LogP contribution in [-0.2, 0) is 16.7 Å². The quantitative estimate of drug-likeness (QED) is 0.348. The van der Waals surface area contributed by atoms with Crippen LogP contribution in [0.2, 0.25) is 5.04 Å². The van der Waals surface area contributed by atoms with Gasteiger partial charge >= 0.3 is 0 Å². The molecule has 3 aromatic rings. The lowest BCUT2D eigenvalue weighted by atomic mass is 10.1. The highest BCUT2D eigenvalue weighted by Crippen LogP contribution is 2.29. The van der Waals surface area contributed by atoms with E-state index in [9.17, 15) is 0 Å². The molecule has 0 saturated heterocycles. The maximum atomic E-state index is 6.26. The van der Waals surface area contributed by atoms with Crippen LogP contribution in [0.4, 0.5) is 0 Å². The Morgan fingerprint density at radius 1 is 0.741 bits per heavy atom. The Morgan fingerprint density at radius 3 is 1.74 bits per heavy atom. The van der Waals surface area contributed by atoms with E-state index in [2.05, 4.69) is 115 Å². The molecule has 0 atom stereocenters. The summed E-state index contributed by atoms with van der Waals surface area (Å²) in [6.07, 6.45) is 0. The van der Waals surface area contributed by atoms with E-state index in [4.69, 9.17) is 4.74 Å². The van der Waals surface area contributed by atoms with E-state index in [-0.39, 0.29) is 5.04 Å². The fourth-order valence-corrected chi connectivity index (χ4v) is 7.22. The monoisotopic (exact) mass is 437 g/mol. The van der Waals surface area contributed by atoms with Crippen molar-refractivity contribution >= 4 is 35.1 Å². The minimum atomic E-state index is -0.980. The third-order valence-corrected chi connectivity index (χ3v) is 8.71. The molecule has 0 unspecified atom stereocenters. The predicted octanol–water partition coefficient (Wildman–Crippen LogP) is 5.19. The van der Waals surface area contributed by atoms with Crippen LogP contribution in [0.5, 0.6) is 0 Å². The van der Waals surface area contributed by atoms with Gasteiger partial charge in [-0.05, 0) is 16.2 Å². The molecule has 0 aliphatic rings. The summed E-state index contributed by atoms with van der Waals surface area (Å²) >= 11 is 3.57.